The molecule has 0 heterocycles. The van der Waals surface area contributed by atoms with Crippen LogP contribution in [-0.4, -0.2) is 37.2 Å². The lowest BCUT2D eigenvalue weighted by Crippen LogP contribution is -2.27. The largest absolute Gasteiger partial charge is 0.491 e. The van der Waals surface area contributed by atoms with Gasteiger partial charge in [0.15, 0.2) is 0 Å². The van der Waals surface area contributed by atoms with Crippen molar-refractivity contribution < 1.29 is 4.74 Å². The van der Waals surface area contributed by atoms with Gasteiger partial charge in [-0.05, 0) is 75.6 Å². The van der Waals surface area contributed by atoms with Crippen LogP contribution in [0.25, 0.3) is 0 Å². The molecule has 3 heteroatoms. The molecule has 2 aromatic carbocycles. The van der Waals surface area contributed by atoms with E-state index in [1.165, 1.54) is 24.1 Å². The van der Waals surface area contributed by atoms with Crippen molar-refractivity contribution in [2.75, 3.05) is 26.2 Å². The van der Waals surface area contributed by atoms with Gasteiger partial charge in [-0.25, -0.2) is 0 Å². The second kappa shape index (κ2) is 12.5. The molecule has 1 unspecified atom stereocenters. The van der Waals surface area contributed by atoms with Crippen LogP contribution in [0.2, 0.25) is 0 Å². The molecule has 0 saturated heterocycles. The van der Waals surface area contributed by atoms with Crippen LogP contribution in [0.1, 0.15) is 44.7 Å². The molecule has 0 aliphatic carbocycles. The maximum Gasteiger partial charge on any atom is 0.119 e. The molecule has 0 saturated carbocycles. The van der Waals surface area contributed by atoms with E-state index in [2.05, 4.69) is 85.6 Å². The highest BCUT2D eigenvalue weighted by Gasteiger charge is 2.05. The zero-order valence-electron chi connectivity index (χ0n) is 17.3. The van der Waals surface area contributed by atoms with Crippen LogP contribution in [-0.2, 0) is 13.0 Å². The Labute approximate surface area is 165 Å². The monoisotopic (exact) mass is 368 g/mol. The Balaban J connectivity index is 1.64. The van der Waals surface area contributed by atoms with Gasteiger partial charge in [0.05, 0.1) is 6.10 Å². The lowest BCUT2D eigenvalue weighted by molar-refractivity contribution is 0.211. The number of nitrogens with one attached hydrogen (secondary N) is 1. The third-order valence-corrected chi connectivity index (χ3v) is 4.99. The predicted octanol–water partition coefficient (Wildman–Crippen LogP) is 4.91. The predicted molar refractivity (Wildman–Crippen MR) is 115 cm³/mol. The molecule has 0 aliphatic rings. The first-order chi connectivity index (χ1) is 13.2. The van der Waals surface area contributed by atoms with Crippen molar-refractivity contribution in [3.05, 3.63) is 65.7 Å². The highest BCUT2D eigenvalue weighted by atomic mass is 16.5. The first-order valence-corrected chi connectivity index (χ1v) is 10.4. The van der Waals surface area contributed by atoms with Crippen LogP contribution in [0.3, 0.4) is 0 Å². The van der Waals surface area contributed by atoms with E-state index in [9.17, 15) is 0 Å². The molecule has 0 spiro atoms. The number of benzene rings is 2. The fraction of sp³-hybridized carbons (Fsp3) is 0.500. The molecule has 0 fully saturated rings. The van der Waals surface area contributed by atoms with Crippen molar-refractivity contribution in [1.29, 1.82) is 0 Å². The molecule has 0 aliphatic heterocycles. The minimum Gasteiger partial charge on any atom is -0.491 e. The van der Waals surface area contributed by atoms with E-state index >= 15 is 0 Å². The van der Waals surface area contributed by atoms with Gasteiger partial charge in [-0.3, -0.25) is 0 Å². The van der Waals surface area contributed by atoms with Crippen LogP contribution in [0.15, 0.2) is 54.6 Å². The normalized spacial score (nSPS) is 12.3. The molecule has 2 rings (SSSR count). The number of ether oxygens (including phenoxy) is 1. The topological polar surface area (TPSA) is 24.5 Å². The molecule has 0 bridgehead atoms. The van der Waals surface area contributed by atoms with Gasteiger partial charge in [-0.1, -0.05) is 56.3 Å². The fourth-order valence-electron chi connectivity index (χ4n) is 3.19. The van der Waals surface area contributed by atoms with E-state index in [-0.39, 0.29) is 6.10 Å². The van der Waals surface area contributed by atoms with Gasteiger partial charge in [0, 0.05) is 6.54 Å². The second-order valence-corrected chi connectivity index (χ2v) is 7.15. The third kappa shape index (κ3) is 8.59. The van der Waals surface area contributed by atoms with Gasteiger partial charge in [0.1, 0.15) is 5.75 Å². The van der Waals surface area contributed by atoms with Crippen LogP contribution in [0, 0.1) is 0 Å². The van der Waals surface area contributed by atoms with E-state index in [1.807, 2.05) is 0 Å². The number of hydrogen-bond acceptors (Lipinski definition) is 3. The van der Waals surface area contributed by atoms with Crippen molar-refractivity contribution in [2.45, 2.75) is 52.7 Å². The average Bonchev–Trinajstić information content (AvgIpc) is 2.71. The van der Waals surface area contributed by atoms with Crippen LogP contribution in [0.4, 0.5) is 0 Å². The minimum absolute atomic E-state index is 0.217. The van der Waals surface area contributed by atoms with Crippen molar-refractivity contribution in [3.8, 4) is 5.75 Å². The van der Waals surface area contributed by atoms with Gasteiger partial charge >= 0.3 is 0 Å². The Morgan fingerprint density at radius 3 is 2.30 bits per heavy atom. The highest BCUT2D eigenvalue weighted by molar-refractivity contribution is 5.27. The van der Waals surface area contributed by atoms with E-state index in [0.717, 1.165) is 44.8 Å². The van der Waals surface area contributed by atoms with E-state index < -0.39 is 0 Å². The van der Waals surface area contributed by atoms with Crippen molar-refractivity contribution in [2.24, 2.45) is 0 Å². The Morgan fingerprint density at radius 1 is 0.926 bits per heavy atom. The fourth-order valence-corrected chi connectivity index (χ4v) is 3.19. The molecular weight excluding hydrogens is 332 g/mol. The first kappa shape index (κ1) is 21.5. The molecule has 2 aromatic rings. The summed E-state index contributed by atoms with van der Waals surface area (Å²) in [5.41, 5.74) is 2.68. The summed E-state index contributed by atoms with van der Waals surface area (Å²) in [4.78, 5) is 2.47. The highest BCUT2D eigenvalue weighted by Crippen LogP contribution is 2.16. The Kier molecular flexibility index (Phi) is 9.96. The summed E-state index contributed by atoms with van der Waals surface area (Å²) >= 11 is 0. The van der Waals surface area contributed by atoms with Crippen LogP contribution >= 0.6 is 0 Å². The molecule has 27 heavy (non-hydrogen) atoms. The molecule has 0 amide bonds. The number of hydrogen-bond donors (Lipinski definition) is 1. The molecule has 0 aromatic heterocycles. The molecule has 1 atom stereocenters. The Bertz CT molecular complexity index is 608. The molecule has 1 N–H and O–H groups in total. The lowest BCUT2D eigenvalue weighted by atomic mass is 10.1. The SMILES string of the molecule is CCN(CC)CCCNCc1ccc(OC(C)CCc2ccccc2)cc1. The van der Waals surface area contributed by atoms with Gasteiger partial charge < -0.3 is 15.0 Å². The van der Waals surface area contributed by atoms with Gasteiger partial charge in [-0.15, -0.1) is 0 Å². The smallest absolute Gasteiger partial charge is 0.119 e. The summed E-state index contributed by atoms with van der Waals surface area (Å²) in [6, 6.07) is 19.1. The zero-order chi connectivity index (χ0) is 19.3. The molecule has 3 nitrogen and oxygen atoms in total. The summed E-state index contributed by atoms with van der Waals surface area (Å²) in [5, 5.41) is 3.54. The lowest BCUT2D eigenvalue weighted by Gasteiger charge is -2.17. The van der Waals surface area contributed by atoms with E-state index in [1.54, 1.807) is 0 Å². The van der Waals surface area contributed by atoms with Crippen molar-refractivity contribution in [1.82, 2.24) is 10.2 Å². The van der Waals surface area contributed by atoms with Gasteiger partial charge in [0.25, 0.3) is 0 Å². The van der Waals surface area contributed by atoms with Crippen LogP contribution < -0.4 is 10.1 Å². The maximum atomic E-state index is 6.06. The Morgan fingerprint density at radius 2 is 1.63 bits per heavy atom. The molecule has 148 valence electrons. The number of aryl methyl sites for hydroxylation is 1. The van der Waals surface area contributed by atoms with E-state index in [4.69, 9.17) is 4.74 Å². The first-order valence-electron chi connectivity index (χ1n) is 10.4. The summed E-state index contributed by atoms with van der Waals surface area (Å²) in [6.45, 7) is 12.0. The quantitative estimate of drug-likeness (QED) is 0.509. The minimum atomic E-state index is 0.217. The Hall–Kier alpha value is -1.84. The van der Waals surface area contributed by atoms with E-state index in [0.29, 0.717) is 0 Å². The second-order valence-electron chi connectivity index (χ2n) is 7.15. The molecule has 0 radical (unpaired) electrons. The summed E-state index contributed by atoms with van der Waals surface area (Å²) < 4.78 is 6.06. The standard InChI is InChI=1S/C24H36N2O/c1-4-26(5-2)19-9-18-25-20-23-14-16-24(17-15-23)27-21(3)12-13-22-10-7-6-8-11-22/h6-8,10-11,14-17,21,25H,4-5,9,12-13,18-20H2,1-3H3. The zero-order valence-corrected chi connectivity index (χ0v) is 17.3. The molecular formula is C24H36N2O. The average molecular weight is 369 g/mol. The van der Waals surface area contributed by atoms with Gasteiger partial charge in [0.2, 0.25) is 0 Å². The summed E-state index contributed by atoms with van der Waals surface area (Å²) in [6.07, 6.45) is 3.49. The van der Waals surface area contributed by atoms with Crippen molar-refractivity contribution in [3.63, 3.8) is 0 Å². The number of nitrogens with zero attached hydrogens (tertiary/aromatic N) is 1. The van der Waals surface area contributed by atoms with Crippen LogP contribution in [0.5, 0.6) is 5.75 Å². The number of rotatable bonds is 13. The third-order valence-electron chi connectivity index (χ3n) is 4.99. The van der Waals surface area contributed by atoms with Gasteiger partial charge in [-0.2, -0.15) is 0 Å². The summed E-state index contributed by atoms with van der Waals surface area (Å²) in [7, 11) is 0. The maximum absolute atomic E-state index is 6.06. The summed E-state index contributed by atoms with van der Waals surface area (Å²) in [5.74, 6) is 0.959. The van der Waals surface area contributed by atoms with Crippen molar-refractivity contribution >= 4 is 0 Å².